The number of benzene rings is 1. The molecule has 2 unspecified atom stereocenters. The molecule has 0 radical (unpaired) electrons. The van der Waals surface area contributed by atoms with Gasteiger partial charge in [0.1, 0.15) is 17.1 Å². The van der Waals surface area contributed by atoms with Crippen molar-refractivity contribution in [2.75, 3.05) is 0 Å². The summed E-state index contributed by atoms with van der Waals surface area (Å²) in [5.41, 5.74) is -0.443. The lowest BCUT2D eigenvalue weighted by molar-refractivity contribution is -0.118. The molecule has 0 fully saturated rings. The predicted molar refractivity (Wildman–Crippen MR) is 107 cm³/mol. The summed E-state index contributed by atoms with van der Waals surface area (Å²) in [4.78, 5) is 23.2. The Kier molecular flexibility index (Phi) is 6.75. The highest BCUT2D eigenvalue weighted by Crippen LogP contribution is 2.39. The molecule has 7 heteroatoms. The molecule has 1 heterocycles. The van der Waals surface area contributed by atoms with Gasteiger partial charge in [0.25, 0.3) is 0 Å². The Bertz CT molecular complexity index is 802. The second kappa shape index (κ2) is 8.55. The highest BCUT2D eigenvalue weighted by atomic mass is 16.7. The van der Waals surface area contributed by atoms with Crippen LogP contribution in [0.3, 0.4) is 0 Å². The molecule has 0 bridgehead atoms. The molecule has 1 aromatic rings. The summed E-state index contributed by atoms with van der Waals surface area (Å²) >= 11 is 0. The van der Waals surface area contributed by atoms with E-state index in [0.717, 1.165) is 5.56 Å². The van der Waals surface area contributed by atoms with Crippen molar-refractivity contribution in [1.29, 1.82) is 0 Å². The molecule has 2 atom stereocenters. The highest BCUT2D eigenvalue weighted by Gasteiger charge is 2.37. The topological polar surface area (TPSA) is 113 Å². The first-order valence-electron chi connectivity index (χ1n) is 9.67. The zero-order valence-electron chi connectivity index (χ0n) is 17.6. The van der Waals surface area contributed by atoms with E-state index in [9.17, 15) is 19.8 Å². The van der Waals surface area contributed by atoms with Gasteiger partial charge in [0.15, 0.2) is 5.78 Å². The maximum atomic E-state index is 12.3. The van der Waals surface area contributed by atoms with E-state index >= 15 is 0 Å². The van der Waals surface area contributed by atoms with Crippen LogP contribution in [0.5, 0.6) is 11.5 Å². The number of ether oxygens (including phenoxy) is 2. The van der Waals surface area contributed by atoms with Gasteiger partial charge < -0.3 is 24.8 Å². The molecule has 1 aliphatic heterocycles. The summed E-state index contributed by atoms with van der Waals surface area (Å²) in [6, 6.07) is 3.16. The molecule has 1 aliphatic rings. The molecule has 160 valence electrons. The van der Waals surface area contributed by atoms with Gasteiger partial charge in [-0.3, -0.25) is 4.79 Å². The van der Waals surface area contributed by atoms with E-state index in [-0.39, 0.29) is 17.5 Å². The number of carbonyl (C=O) groups excluding carboxylic acids is 1. The first kappa shape index (κ1) is 22.9. The molecule has 2 rings (SSSR count). The third-order valence-electron chi connectivity index (χ3n) is 4.99. The van der Waals surface area contributed by atoms with Gasteiger partial charge >= 0.3 is 6.16 Å². The van der Waals surface area contributed by atoms with E-state index in [0.29, 0.717) is 30.6 Å². The Morgan fingerprint density at radius 3 is 2.62 bits per heavy atom. The summed E-state index contributed by atoms with van der Waals surface area (Å²) in [5.74, 6) is 0.360. The molecule has 0 spiro atoms. The molecule has 1 aromatic carbocycles. The number of carbonyl (C=O) groups is 2. The zero-order chi connectivity index (χ0) is 22.0. The van der Waals surface area contributed by atoms with E-state index in [1.165, 1.54) is 12.2 Å². The van der Waals surface area contributed by atoms with Gasteiger partial charge in [-0.2, -0.15) is 0 Å². The zero-order valence-corrected chi connectivity index (χ0v) is 17.6. The maximum Gasteiger partial charge on any atom is 0.511 e. The van der Waals surface area contributed by atoms with Gasteiger partial charge in [-0.15, -0.1) is 0 Å². The third kappa shape index (κ3) is 6.30. The summed E-state index contributed by atoms with van der Waals surface area (Å²) in [5, 5.41) is 29.0. The van der Waals surface area contributed by atoms with Crippen molar-refractivity contribution < 1.29 is 34.4 Å². The predicted octanol–water partition coefficient (Wildman–Crippen LogP) is 3.28. The Morgan fingerprint density at radius 2 is 2.03 bits per heavy atom. The Morgan fingerprint density at radius 1 is 1.38 bits per heavy atom. The largest absolute Gasteiger partial charge is 0.511 e. The standard InChI is InChI=1S/C22H30O7/c1-13(17(23)8-9-21(2,3)27)6-7-14-10-16(28-20(25)26)11-15-12-18(24)22(4,5)29-19(14)15/h8-11,13,18,24,27H,6-7,12H2,1-5H3,(H,25,26)/b9-8+. The fraction of sp³-hybridized carbons (Fsp3) is 0.545. The molecule has 7 nitrogen and oxygen atoms in total. The Hall–Kier alpha value is -2.38. The van der Waals surface area contributed by atoms with Crippen molar-refractivity contribution in [3.05, 3.63) is 35.4 Å². The fourth-order valence-electron chi connectivity index (χ4n) is 3.10. The summed E-state index contributed by atoms with van der Waals surface area (Å²) in [7, 11) is 0. The number of fused-ring (bicyclic) bond motifs is 1. The summed E-state index contributed by atoms with van der Waals surface area (Å²) in [6.07, 6.45) is 1.97. The van der Waals surface area contributed by atoms with E-state index in [1.807, 2.05) is 0 Å². The SMILES string of the molecule is CC(CCc1cc(OC(=O)O)cc2c1OC(C)(C)C(O)C2)C(=O)/C=C/C(C)(C)O. The fourth-order valence-corrected chi connectivity index (χ4v) is 3.10. The summed E-state index contributed by atoms with van der Waals surface area (Å²) < 4.78 is 10.8. The second-order valence-electron chi connectivity index (χ2n) is 8.69. The van der Waals surface area contributed by atoms with E-state index in [1.54, 1.807) is 46.8 Å². The van der Waals surface area contributed by atoms with Crippen LogP contribution in [0.2, 0.25) is 0 Å². The number of carboxylic acid groups (broad SMARTS) is 1. The van der Waals surface area contributed by atoms with Crippen LogP contribution in [-0.2, 0) is 17.6 Å². The minimum atomic E-state index is -1.42. The Balaban J connectivity index is 2.24. The van der Waals surface area contributed by atoms with Gasteiger partial charge in [0.05, 0.1) is 11.7 Å². The van der Waals surface area contributed by atoms with E-state index in [4.69, 9.17) is 14.6 Å². The van der Waals surface area contributed by atoms with Crippen LogP contribution in [0.15, 0.2) is 24.3 Å². The minimum absolute atomic E-state index is 0.101. The molecule has 3 N–H and O–H groups in total. The van der Waals surface area contributed by atoms with Gasteiger partial charge in [0.2, 0.25) is 0 Å². The molecular formula is C22H30O7. The lowest BCUT2D eigenvalue weighted by Gasteiger charge is -2.38. The monoisotopic (exact) mass is 406 g/mol. The lowest BCUT2D eigenvalue weighted by Crippen LogP contribution is -2.46. The van der Waals surface area contributed by atoms with Gasteiger partial charge in [-0.1, -0.05) is 13.0 Å². The van der Waals surface area contributed by atoms with Crippen LogP contribution < -0.4 is 9.47 Å². The lowest BCUT2D eigenvalue weighted by atomic mass is 9.88. The number of hydrogen-bond acceptors (Lipinski definition) is 6. The highest BCUT2D eigenvalue weighted by molar-refractivity contribution is 5.91. The van der Waals surface area contributed by atoms with Gasteiger partial charge in [-0.05, 0) is 64.3 Å². The van der Waals surface area contributed by atoms with Crippen LogP contribution in [-0.4, -0.2) is 44.6 Å². The van der Waals surface area contributed by atoms with Gasteiger partial charge in [0, 0.05) is 17.9 Å². The van der Waals surface area contributed by atoms with Crippen molar-refractivity contribution >= 4 is 11.9 Å². The number of aryl methyl sites for hydroxylation is 1. The molecule has 0 aliphatic carbocycles. The number of allylic oxidation sites excluding steroid dienone is 1. The van der Waals surface area contributed by atoms with Crippen LogP contribution >= 0.6 is 0 Å². The first-order valence-corrected chi connectivity index (χ1v) is 9.67. The number of ketones is 1. The minimum Gasteiger partial charge on any atom is -0.485 e. The van der Waals surface area contributed by atoms with Crippen molar-refractivity contribution in [3.8, 4) is 11.5 Å². The molecule has 0 aromatic heterocycles. The molecular weight excluding hydrogens is 376 g/mol. The van der Waals surface area contributed by atoms with Crippen LogP contribution in [0.4, 0.5) is 4.79 Å². The average Bonchev–Trinajstić information content (AvgIpc) is 2.57. The molecule has 0 saturated carbocycles. The van der Waals surface area contributed by atoms with E-state index < -0.39 is 23.5 Å². The summed E-state index contributed by atoms with van der Waals surface area (Å²) in [6.45, 7) is 8.57. The van der Waals surface area contributed by atoms with Crippen molar-refractivity contribution in [2.45, 2.75) is 71.2 Å². The van der Waals surface area contributed by atoms with Crippen molar-refractivity contribution in [1.82, 2.24) is 0 Å². The van der Waals surface area contributed by atoms with Crippen LogP contribution in [0, 0.1) is 5.92 Å². The molecule has 0 saturated heterocycles. The van der Waals surface area contributed by atoms with Crippen molar-refractivity contribution in [3.63, 3.8) is 0 Å². The molecule has 29 heavy (non-hydrogen) atoms. The van der Waals surface area contributed by atoms with Crippen LogP contribution in [0.1, 0.15) is 52.2 Å². The average molecular weight is 406 g/mol. The number of rotatable bonds is 7. The smallest absolute Gasteiger partial charge is 0.485 e. The Labute approximate surface area is 171 Å². The number of aliphatic hydroxyl groups is 2. The number of hydrogen-bond donors (Lipinski definition) is 3. The third-order valence-corrected chi connectivity index (χ3v) is 4.99. The van der Waals surface area contributed by atoms with Crippen LogP contribution in [0.25, 0.3) is 0 Å². The normalized spacial score (nSPS) is 19.3. The maximum absolute atomic E-state index is 12.3. The van der Waals surface area contributed by atoms with Gasteiger partial charge in [-0.25, -0.2) is 4.79 Å². The quantitative estimate of drug-likeness (QED) is 0.362. The first-order chi connectivity index (χ1) is 13.3. The second-order valence-corrected chi connectivity index (χ2v) is 8.69. The number of aliphatic hydroxyl groups excluding tert-OH is 1. The van der Waals surface area contributed by atoms with Crippen molar-refractivity contribution in [2.24, 2.45) is 5.92 Å². The molecule has 0 amide bonds. The van der Waals surface area contributed by atoms with E-state index in [2.05, 4.69) is 0 Å².